The Morgan fingerprint density at radius 1 is 0.824 bits per heavy atom. The molecule has 3 aromatic rings. The Labute approximate surface area is 204 Å². The van der Waals surface area contributed by atoms with Crippen molar-refractivity contribution in [2.45, 2.75) is 65.1 Å². The predicted molar refractivity (Wildman–Crippen MR) is 138 cm³/mol. The number of nitrogens with zero attached hydrogens (tertiary/aromatic N) is 1. The van der Waals surface area contributed by atoms with E-state index < -0.39 is 5.97 Å². The molecule has 0 unspecified atom stereocenters. The summed E-state index contributed by atoms with van der Waals surface area (Å²) in [5.74, 6) is -0.238. The molecule has 0 aliphatic heterocycles. The lowest BCUT2D eigenvalue weighted by Crippen LogP contribution is -2.38. The molecule has 0 radical (unpaired) electrons. The van der Waals surface area contributed by atoms with Crippen molar-refractivity contribution >= 4 is 5.97 Å². The number of ether oxygens (including phenoxy) is 1. The highest BCUT2D eigenvalue weighted by Gasteiger charge is 2.23. The Bertz CT molecular complexity index is 1040. The van der Waals surface area contributed by atoms with Crippen molar-refractivity contribution in [1.82, 2.24) is 4.90 Å². The van der Waals surface area contributed by atoms with Crippen LogP contribution in [0, 0.1) is 0 Å². The van der Waals surface area contributed by atoms with Gasteiger partial charge < -0.3 is 9.84 Å². The van der Waals surface area contributed by atoms with Crippen LogP contribution in [0.15, 0.2) is 78.9 Å². The smallest absolute Gasteiger partial charge is 0.338 e. The maximum Gasteiger partial charge on any atom is 0.338 e. The number of benzene rings is 3. The largest absolute Gasteiger partial charge is 0.508 e. The highest BCUT2D eigenvalue weighted by atomic mass is 16.5. The van der Waals surface area contributed by atoms with Crippen LogP contribution >= 0.6 is 0 Å². The molecular formula is C30H37NO3. The van der Waals surface area contributed by atoms with E-state index in [4.69, 9.17) is 4.74 Å². The van der Waals surface area contributed by atoms with E-state index in [0.29, 0.717) is 17.6 Å². The van der Waals surface area contributed by atoms with Crippen molar-refractivity contribution in [2.24, 2.45) is 0 Å². The highest BCUT2D eigenvalue weighted by Crippen LogP contribution is 2.35. The molecule has 0 aliphatic carbocycles. The number of aromatic hydroxyl groups is 1. The molecule has 0 aromatic heterocycles. The second-order valence-electron chi connectivity index (χ2n) is 9.41. The molecule has 0 saturated carbocycles. The van der Waals surface area contributed by atoms with Crippen LogP contribution in [0.3, 0.4) is 0 Å². The molecule has 180 valence electrons. The van der Waals surface area contributed by atoms with Crippen LogP contribution < -0.4 is 0 Å². The van der Waals surface area contributed by atoms with Gasteiger partial charge in [-0.05, 0) is 76.9 Å². The van der Waals surface area contributed by atoms with Crippen molar-refractivity contribution < 1.29 is 14.6 Å². The summed E-state index contributed by atoms with van der Waals surface area (Å²) in [6, 6.07) is 25.8. The summed E-state index contributed by atoms with van der Waals surface area (Å²) < 4.78 is 5.74. The molecule has 0 amide bonds. The van der Waals surface area contributed by atoms with Crippen molar-refractivity contribution in [3.05, 3.63) is 101 Å². The Balaban J connectivity index is 1.88. The van der Waals surface area contributed by atoms with Gasteiger partial charge in [-0.25, -0.2) is 4.79 Å². The molecule has 34 heavy (non-hydrogen) atoms. The highest BCUT2D eigenvalue weighted by molar-refractivity contribution is 5.90. The van der Waals surface area contributed by atoms with Gasteiger partial charge in [-0.2, -0.15) is 0 Å². The number of hydrogen-bond acceptors (Lipinski definition) is 4. The summed E-state index contributed by atoms with van der Waals surface area (Å²) in [7, 11) is 0. The topological polar surface area (TPSA) is 49.8 Å². The zero-order valence-corrected chi connectivity index (χ0v) is 20.9. The first kappa shape index (κ1) is 25.5. The molecule has 2 atom stereocenters. The van der Waals surface area contributed by atoms with Crippen LogP contribution in [-0.4, -0.2) is 34.6 Å². The molecule has 3 aromatic carbocycles. The minimum absolute atomic E-state index is 0.0412. The molecule has 3 rings (SSSR count). The number of carbonyl (C=O) groups excluding carboxylic acids is 1. The van der Waals surface area contributed by atoms with Crippen LogP contribution in [0.5, 0.6) is 5.75 Å². The summed E-state index contributed by atoms with van der Waals surface area (Å²) in [5, 5.41) is 10.8. The molecular weight excluding hydrogens is 422 g/mol. The number of phenolic OH excluding ortho intramolecular Hbond substituents is 1. The third kappa shape index (κ3) is 6.48. The minimum Gasteiger partial charge on any atom is -0.508 e. The van der Waals surface area contributed by atoms with Gasteiger partial charge in [0.2, 0.25) is 0 Å². The third-order valence-corrected chi connectivity index (χ3v) is 6.40. The molecule has 0 fully saturated rings. The average molecular weight is 460 g/mol. The summed E-state index contributed by atoms with van der Waals surface area (Å²) in [6.45, 7) is 11.6. The lowest BCUT2D eigenvalue weighted by atomic mass is 9.86. The van der Waals surface area contributed by atoms with Crippen molar-refractivity contribution in [1.29, 1.82) is 0 Å². The van der Waals surface area contributed by atoms with E-state index in [2.05, 4.69) is 44.7 Å². The van der Waals surface area contributed by atoms with Gasteiger partial charge in [0.25, 0.3) is 0 Å². The Morgan fingerprint density at radius 3 is 1.94 bits per heavy atom. The average Bonchev–Trinajstić information content (AvgIpc) is 2.83. The van der Waals surface area contributed by atoms with Gasteiger partial charge in [0.05, 0.1) is 5.56 Å². The molecule has 0 heterocycles. The SMILES string of the molecule is CC(C)N(CC[C@@H](c1ccccc1)c1cc(C(=O)O[C@@H](C)c2ccccc2)ccc1O)C(C)C. The van der Waals surface area contributed by atoms with Crippen molar-refractivity contribution in [3.8, 4) is 5.75 Å². The van der Waals surface area contributed by atoms with Gasteiger partial charge in [0, 0.05) is 23.6 Å². The van der Waals surface area contributed by atoms with Crippen LogP contribution in [0.4, 0.5) is 0 Å². The lowest BCUT2D eigenvalue weighted by Gasteiger charge is -2.32. The molecule has 1 N–H and O–H groups in total. The van der Waals surface area contributed by atoms with Gasteiger partial charge in [0.1, 0.15) is 11.9 Å². The monoisotopic (exact) mass is 459 g/mol. The van der Waals surface area contributed by atoms with Gasteiger partial charge in [-0.1, -0.05) is 60.7 Å². The molecule has 4 heteroatoms. The van der Waals surface area contributed by atoms with E-state index in [-0.39, 0.29) is 17.8 Å². The second kappa shape index (κ2) is 11.8. The van der Waals surface area contributed by atoms with Crippen LogP contribution in [-0.2, 0) is 4.74 Å². The number of phenols is 1. The first-order chi connectivity index (χ1) is 16.3. The second-order valence-corrected chi connectivity index (χ2v) is 9.41. The van der Waals surface area contributed by atoms with E-state index in [0.717, 1.165) is 29.7 Å². The zero-order chi connectivity index (χ0) is 24.7. The lowest BCUT2D eigenvalue weighted by molar-refractivity contribution is 0.0337. The van der Waals surface area contributed by atoms with Gasteiger partial charge in [-0.15, -0.1) is 0 Å². The number of rotatable bonds is 10. The van der Waals surface area contributed by atoms with E-state index in [1.807, 2.05) is 55.5 Å². The molecule has 0 aliphatic rings. The standard InChI is InChI=1S/C30H37NO3/c1-21(2)31(22(3)4)19-18-27(25-14-10-7-11-15-25)28-20-26(16-17-29(28)32)30(33)34-23(5)24-12-8-6-9-13-24/h6-17,20-23,27,32H,18-19H2,1-5H3/t23-,27-/m0/s1. The molecule has 0 saturated heterocycles. The zero-order valence-electron chi connectivity index (χ0n) is 20.9. The molecule has 4 nitrogen and oxygen atoms in total. The van der Waals surface area contributed by atoms with Gasteiger partial charge in [0.15, 0.2) is 0 Å². The molecule has 0 bridgehead atoms. The van der Waals surface area contributed by atoms with Crippen molar-refractivity contribution in [3.63, 3.8) is 0 Å². The summed E-state index contributed by atoms with van der Waals surface area (Å²) in [4.78, 5) is 15.4. The van der Waals surface area contributed by atoms with Crippen LogP contribution in [0.1, 0.15) is 80.1 Å². The van der Waals surface area contributed by atoms with Crippen molar-refractivity contribution in [2.75, 3.05) is 6.54 Å². The van der Waals surface area contributed by atoms with Crippen LogP contribution in [0.25, 0.3) is 0 Å². The van der Waals surface area contributed by atoms with E-state index in [9.17, 15) is 9.90 Å². The first-order valence-corrected chi connectivity index (χ1v) is 12.2. The maximum atomic E-state index is 13.0. The first-order valence-electron chi connectivity index (χ1n) is 12.2. The summed E-state index contributed by atoms with van der Waals surface area (Å²) in [5.41, 5.74) is 3.26. The van der Waals surface area contributed by atoms with Crippen LogP contribution in [0.2, 0.25) is 0 Å². The normalized spacial score (nSPS) is 13.3. The number of hydrogen-bond donors (Lipinski definition) is 1. The fourth-order valence-corrected chi connectivity index (χ4v) is 4.56. The Kier molecular flexibility index (Phi) is 8.89. The van der Waals surface area contributed by atoms with E-state index in [1.165, 1.54) is 0 Å². The summed E-state index contributed by atoms with van der Waals surface area (Å²) >= 11 is 0. The summed E-state index contributed by atoms with van der Waals surface area (Å²) in [6.07, 6.45) is 0.467. The fraction of sp³-hybridized carbons (Fsp3) is 0.367. The molecule has 0 spiro atoms. The predicted octanol–water partition coefficient (Wildman–Crippen LogP) is 6.95. The quantitative estimate of drug-likeness (QED) is 0.333. The minimum atomic E-state index is -0.393. The van der Waals surface area contributed by atoms with E-state index in [1.54, 1.807) is 18.2 Å². The van der Waals surface area contributed by atoms with Gasteiger partial charge >= 0.3 is 5.97 Å². The Hall–Kier alpha value is -3.11. The third-order valence-electron chi connectivity index (χ3n) is 6.40. The number of carbonyl (C=O) groups is 1. The number of esters is 1. The maximum absolute atomic E-state index is 13.0. The van der Waals surface area contributed by atoms with Gasteiger partial charge in [-0.3, -0.25) is 4.90 Å². The van der Waals surface area contributed by atoms with E-state index >= 15 is 0 Å². The fourth-order valence-electron chi connectivity index (χ4n) is 4.56. The Morgan fingerprint density at radius 2 is 1.38 bits per heavy atom.